The Morgan fingerprint density at radius 3 is 2.50 bits per heavy atom. The minimum atomic E-state index is 0. The smallest absolute Gasteiger partial charge is 0.191 e. The number of nitrogens with zero attached hydrogens (tertiary/aromatic N) is 2. The van der Waals surface area contributed by atoms with Crippen LogP contribution < -0.4 is 10.6 Å². The Morgan fingerprint density at radius 1 is 1.08 bits per heavy atom. The molecule has 5 heteroatoms. The highest BCUT2D eigenvalue weighted by Gasteiger charge is 2.05. The van der Waals surface area contributed by atoms with Crippen LogP contribution in [0.3, 0.4) is 0 Å². The summed E-state index contributed by atoms with van der Waals surface area (Å²) >= 11 is 0. The first-order valence-electron chi connectivity index (χ1n) is 8.26. The molecule has 4 nitrogen and oxygen atoms in total. The van der Waals surface area contributed by atoms with E-state index in [1.54, 1.807) is 6.20 Å². The molecule has 1 heterocycles. The topological polar surface area (TPSA) is 49.3 Å². The number of hydrogen-bond donors (Lipinski definition) is 2. The van der Waals surface area contributed by atoms with E-state index in [2.05, 4.69) is 64.8 Å². The first-order valence-corrected chi connectivity index (χ1v) is 8.26. The van der Waals surface area contributed by atoms with E-state index in [1.807, 2.05) is 18.2 Å². The molecule has 0 saturated carbocycles. The zero-order valence-corrected chi connectivity index (χ0v) is 16.7. The zero-order chi connectivity index (χ0) is 16.3. The zero-order valence-electron chi connectivity index (χ0n) is 14.4. The molecule has 1 atom stereocenters. The fourth-order valence-corrected chi connectivity index (χ4v) is 2.35. The molecular formula is C19H27IN4. The Kier molecular flexibility index (Phi) is 10.1. The normalized spacial score (nSPS) is 12.2. The number of benzene rings is 1. The lowest BCUT2D eigenvalue weighted by Gasteiger charge is -2.15. The Bertz CT molecular complexity index is 587. The van der Waals surface area contributed by atoms with Crippen molar-refractivity contribution in [2.45, 2.75) is 32.7 Å². The molecule has 2 rings (SSSR count). The largest absolute Gasteiger partial charge is 0.357 e. The third-order valence-electron chi connectivity index (χ3n) is 3.71. The maximum atomic E-state index is 4.59. The molecule has 0 amide bonds. The van der Waals surface area contributed by atoms with Gasteiger partial charge in [-0.15, -0.1) is 24.0 Å². The lowest BCUT2D eigenvalue weighted by atomic mass is 9.98. The van der Waals surface area contributed by atoms with Crippen molar-refractivity contribution in [1.29, 1.82) is 0 Å². The molecule has 2 aromatic rings. The summed E-state index contributed by atoms with van der Waals surface area (Å²) < 4.78 is 0. The highest BCUT2D eigenvalue weighted by molar-refractivity contribution is 14.0. The number of pyridine rings is 1. The molecule has 2 N–H and O–H groups in total. The van der Waals surface area contributed by atoms with Crippen LogP contribution in [0.5, 0.6) is 0 Å². The van der Waals surface area contributed by atoms with Gasteiger partial charge in [0.25, 0.3) is 0 Å². The van der Waals surface area contributed by atoms with E-state index in [0.717, 1.165) is 31.2 Å². The van der Waals surface area contributed by atoms with Gasteiger partial charge in [-0.3, -0.25) is 4.98 Å². The lowest BCUT2D eigenvalue weighted by molar-refractivity contribution is 0.652. The molecule has 1 unspecified atom stereocenters. The summed E-state index contributed by atoms with van der Waals surface area (Å²) in [6, 6.07) is 16.5. The molecule has 0 aliphatic heterocycles. The summed E-state index contributed by atoms with van der Waals surface area (Å²) in [7, 11) is 0. The van der Waals surface area contributed by atoms with Crippen molar-refractivity contribution in [2.24, 2.45) is 4.99 Å². The van der Waals surface area contributed by atoms with E-state index in [0.29, 0.717) is 12.5 Å². The van der Waals surface area contributed by atoms with Crippen LogP contribution in [0.1, 0.15) is 37.4 Å². The van der Waals surface area contributed by atoms with Crippen LogP contribution in [0.2, 0.25) is 0 Å². The lowest BCUT2D eigenvalue weighted by Crippen LogP contribution is -2.38. The van der Waals surface area contributed by atoms with Crippen molar-refractivity contribution in [3.05, 3.63) is 66.0 Å². The monoisotopic (exact) mass is 438 g/mol. The second-order valence-electron chi connectivity index (χ2n) is 5.54. The van der Waals surface area contributed by atoms with E-state index in [-0.39, 0.29) is 24.0 Å². The average molecular weight is 438 g/mol. The molecule has 130 valence electrons. The fraction of sp³-hybridized carbons (Fsp3) is 0.368. The van der Waals surface area contributed by atoms with Crippen LogP contribution in [-0.2, 0) is 6.54 Å². The van der Waals surface area contributed by atoms with Gasteiger partial charge in [-0.05, 0) is 37.0 Å². The second-order valence-corrected chi connectivity index (χ2v) is 5.54. The number of hydrogen-bond acceptors (Lipinski definition) is 2. The van der Waals surface area contributed by atoms with E-state index in [9.17, 15) is 0 Å². The Morgan fingerprint density at radius 2 is 1.83 bits per heavy atom. The van der Waals surface area contributed by atoms with Gasteiger partial charge < -0.3 is 10.6 Å². The van der Waals surface area contributed by atoms with Crippen molar-refractivity contribution in [3.8, 4) is 0 Å². The standard InChI is InChI=1S/C19H26N4.HI/c1-3-20-19(23-15-18-11-7-8-13-21-18)22-14-12-16(2)17-9-5-4-6-10-17;/h4-11,13,16H,3,12,14-15H2,1-2H3,(H2,20,22,23);1H. The van der Waals surface area contributed by atoms with E-state index < -0.39 is 0 Å². The number of aromatic nitrogens is 1. The minimum absolute atomic E-state index is 0. The summed E-state index contributed by atoms with van der Waals surface area (Å²) in [6.07, 6.45) is 2.87. The van der Waals surface area contributed by atoms with Crippen molar-refractivity contribution >= 4 is 29.9 Å². The predicted octanol–water partition coefficient (Wildman–Crippen LogP) is 3.95. The van der Waals surface area contributed by atoms with Crippen LogP contribution in [0.4, 0.5) is 0 Å². The van der Waals surface area contributed by atoms with Gasteiger partial charge in [-0.2, -0.15) is 0 Å². The molecule has 1 aromatic carbocycles. The molecular weight excluding hydrogens is 411 g/mol. The Labute approximate surface area is 162 Å². The molecule has 0 fully saturated rings. The molecule has 0 bridgehead atoms. The van der Waals surface area contributed by atoms with Crippen molar-refractivity contribution < 1.29 is 0 Å². The number of aliphatic imine (C=N–C) groups is 1. The summed E-state index contributed by atoms with van der Waals surface area (Å²) in [5, 5.41) is 6.68. The quantitative estimate of drug-likeness (QED) is 0.391. The van der Waals surface area contributed by atoms with Crippen molar-refractivity contribution in [1.82, 2.24) is 15.6 Å². The Hall–Kier alpha value is -1.63. The number of halogens is 1. The number of nitrogens with one attached hydrogen (secondary N) is 2. The molecule has 0 saturated heterocycles. The van der Waals surface area contributed by atoms with E-state index in [4.69, 9.17) is 0 Å². The van der Waals surface area contributed by atoms with Crippen molar-refractivity contribution in [3.63, 3.8) is 0 Å². The highest BCUT2D eigenvalue weighted by Crippen LogP contribution is 2.17. The summed E-state index contributed by atoms with van der Waals surface area (Å²) in [4.78, 5) is 8.88. The molecule has 0 aliphatic rings. The van der Waals surface area contributed by atoms with Crippen LogP contribution in [0.25, 0.3) is 0 Å². The molecule has 24 heavy (non-hydrogen) atoms. The summed E-state index contributed by atoms with van der Waals surface area (Å²) in [5.74, 6) is 1.38. The van der Waals surface area contributed by atoms with Gasteiger partial charge in [0.05, 0.1) is 12.2 Å². The van der Waals surface area contributed by atoms with Crippen LogP contribution in [0, 0.1) is 0 Å². The average Bonchev–Trinajstić information content (AvgIpc) is 2.61. The molecule has 0 radical (unpaired) electrons. The van der Waals surface area contributed by atoms with E-state index in [1.165, 1.54) is 5.56 Å². The predicted molar refractivity (Wildman–Crippen MR) is 112 cm³/mol. The number of rotatable bonds is 7. The van der Waals surface area contributed by atoms with Gasteiger partial charge in [-0.1, -0.05) is 43.3 Å². The van der Waals surface area contributed by atoms with Gasteiger partial charge in [0.1, 0.15) is 0 Å². The van der Waals surface area contributed by atoms with Gasteiger partial charge in [0.15, 0.2) is 5.96 Å². The van der Waals surface area contributed by atoms with Crippen LogP contribution >= 0.6 is 24.0 Å². The highest BCUT2D eigenvalue weighted by atomic mass is 127. The minimum Gasteiger partial charge on any atom is -0.357 e. The molecule has 0 spiro atoms. The maximum Gasteiger partial charge on any atom is 0.191 e. The van der Waals surface area contributed by atoms with Gasteiger partial charge in [0, 0.05) is 19.3 Å². The van der Waals surface area contributed by atoms with Crippen LogP contribution in [0.15, 0.2) is 59.7 Å². The summed E-state index contributed by atoms with van der Waals surface area (Å²) in [6.45, 7) is 6.66. The van der Waals surface area contributed by atoms with Crippen LogP contribution in [-0.4, -0.2) is 24.0 Å². The second kappa shape index (κ2) is 11.8. The van der Waals surface area contributed by atoms with Crippen molar-refractivity contribution in [2.75, 3.05) is 13.1 Å². The first kappa shape index (κ1) is 20.4. The fourth-order valence-electron chi connectivity index (χ4n) is 2.35. The van der Waals surface area contributed by atoms with E-state index >= 15 is 0 Å². The summed E-state index contributed by atoms with van der Waals surface area (Å²) in [5.41, 5.74) is 2.35. The van der Waals surface area contributed by atoms with Gasteiger partial charge in [-0.25, -0.2) is 4.99 Å². The third-order valence-corrected chi connectivity index (χ3v) is 3.71. The SMILES string of the molecule is CCNC(=NCc1ccccn1)NCCC(C)c1ccccc1.I. The maximum absolute atomic E-state index is 4.59. The first-order chi connectivity index (χ1) is 11.3. The third kappa shape index (κ3) is 7.29. The Balaban J connectivity index is 0.00000288. The molecule has 0 aliphatic carbocycles. The van der Waals surface area contributed by atoms with Gasteiger partial charge >= 0.3 is 0 Å². The number of guanidine groups is 1. The molecule has 1 aromatic heterocycles. The van der Waals surface area contributed by atoms with Gasteiger partial charge in [0.2, 0.25) is 0 Å².